The second-order valence-corrected chi connectivity index (χ2v) is 6.61. The van der Waals surface area contributed by atoms with Gasteiger partial charge in [0.2, 0.25) is 0 Å². The number of carbonyl (C=O) groups is 1. The molecule has 1 aliphatic rings. The Bertz CT molecular complexity index is 711. The van der Waals surface area contributed by atoms with Gasteiger partial charge in [-0.3, -0.25) is 4.79 Å². The van der Waals surface area contributed by atoms with Crippen LogP contribution in [0.2, 0.25) is 0 Å². The molecule has 0 spiro atoms. The molecule has 134 valence electrons. The summed E-state index contributed by atoms with van der Waals surface area (Å²) in [5, 5.41) is 10.7. The van der Waals surface area contributed by atoms with E-state index < -0.39 is 0 Å². The molecule has 0 saturated carbocycles. The van der Waals surface area contributed by atoms with E-state index in [9.17, 15) is 9.18 Å². The number of nitrogens with zero attached hydrogens (tertiary/aromatic N) is 3. The van der Waals surface area contributed by atoms with Gasteiger partial charge in [-0.2, -0.15) is 0 Å². The van der Waals surface area contributed by atoms with Crippen LogP contribution < -0.4 is 15.1 Å². The first-order chi connectivity index (χ1) is 12.1. The summed E-state index contributed by atoms with van der Waals surface area (Å²) in [4.78, 5) is 15.2. The van der Waals surface area contributed by atoms with Gasteiger partial charge in [0.1, 0.15) is 32.0 Å². The second kappa shape index (κ2) is 8.17. The molecular formula is C17H25FN6O+2. The van der Waals surface area contributed by atoms with Crippen LogP contribution in [0.3, 0.4) is 0 Å². The largest absolute Gasteiger partial charge is 0.345 e. The summed E-state index contributed by atoms with van der Waals surface area (Å²) >= 11 is 0. The molecule has 2 aromatic rings. The minimum atomic E-state index is -0.291. The smallest absolute Gasteiger partial charge is 0.273 e. The Kier molecular flexibility index (Phi) is 5.72. The summed E-state index contributed by atoms with van der Waals surface area (Å²) in [5.41, 5.74) is 0.773. The highest BCUT2D eigenvalue weighted by molar-refractivity contribution is 5.91. The van der Waals surface area contributed by atoms with Crippen molar-refractivity contribution in [2.45, 2.75) is 6.54 Å². The van der Waals surface area contributed by atoms with Crippen LogP contribution in [-0.2, 0) is 6.54 Å². The van der Waals surface area contributed by atoms with Crippen LogP contribution >= 0.6 is 0 Å². The van der Waals surface area contributed by atoms with Gasteiger partial charge in [0.25, 0.3) is 5.91 Å². The van der Waals surface area contributed by atoms with Crippen molar-refractivity contribution >= 4 is 5.91 Å². The predicted molar refractivity (Wildman–Crippen MR) is 90.0 cm³/mol. The Balaban J connectivity index is 1.47. The SMILES string of the molecule is C[NH+]1CC[NH+](CCNC(=O)c2cn(Cc3ccccc3F)nn2)CC1. The number of likely N-dealkylation sites (N-methyl/N-ethyl adjacent to an activating group) is 1. The van der Waals surface area contributed by atoms with Gasteiger partial charge in [0, 0.05) is 5.56 Å². The highest BCUT2D eigenvalue weighted by Crippen LogP contribution is 2.08. The van der Waals surface area contributed by atoms with E-state index in [1.165, 1.54) is 28.7 Å². The molecule has 0 aliphatic carbocycles. The van der Waals surface area contributed by atoms with Crippen LogP contribution in [0.1, 0.15) is 16.1 Å². The normalized spacial score (nSPS) is 20.4. The molecule has 1 aromatic carbocycles. The Morgan fingerprint density at radius 3 is 2.80 bits per heavy atom. The van der Waals surface area contributed by atoms with E-state index in [-0.39, 0.29) is 24.0 Å². The maximum atomic E-state index is 13.7. The number of carbonyl (C=O) groups excluding carboxylic acids is 1. The first-order valence-corrected chi connectivity index (χ1v) is 8.68. The molecule has 25 heavy (non-hydrogen) atoms. The third-order valence-corrected chi connectivity index (χ3v) is 4.64. The van der Waals surface area contributed by atoms with Crippen molar-refractivity contribution in [3.05, 3.63) is 47.5 Å². The van der Waals surface area contributed by atoms with Crippen LogP contribution in [0.15, 0.2) is 30.5 Å². The van der Waals surface area contributed by atoms with Crippen LogP contribution in [0.25, 0.3) is 0 Å². The van der Waals surface area contributed by atoms with Gasteiger partial charge in [0.05, 0.1) is 32.9 Å². The second-order valence-electron chi connectivity index (χ2n) is 6.61. The number of benzene rings is 1. The average molecular weight is 348 g/mol. The summed E-state index contributed by atoms with van der Waals surface area (Å²) in [5.74, 6) is -0.528. The van der Waals surface area contributed by atoms with Crippen molar-refractivity contribution in [3.8, 4) is 0 Å². The molecule has 1 aromatic heterocycles. The molecule has 3 rings (SSSR count). The molecule has 0 unspecified atom stereocenters. The molecule has 0 atom stereocenters. The summed E-state index contributed by atoms with van der Waals surface area (Å²) in [6.45, 7) is 6.42. The van der Waals surface area contributed by atoms with E-state index >= 15 is 0 Å². The Hall–Kier alpha value is -2.32. The Morgan fingerprint density at radius 2 is 2.04 bits per heavy atom. The summed E-state index contributed by atoms with van der Waals surface area (Å²) in [6.07, 6.45) is 1.55. The molecule has 1 fully saturated rings. The lowest BCUT2D eigenvalue weighted by atomic mass is 10.2. The zero-order valence-corrected chi connectivity index (χ0v) is 14.5. The van der Waals surface area contributed by atoms with E-state index in [0.717, 1.165) is 19.6 Å². The number of rotatable bonds is 6. The summed E-state index contributed by atoms with van der Waals surface area (Å²) < 4.78 is 15.1. The van der Waals surface area contributed by atoms with Crippen molar-refractivity contribution in [2.75, 3.05) is 46.3 Å². The third kappa shape index (κ3) is 4.83. The minimum absolute atomic E-state index is 0.237. The Labute approximate surface area is 146 Å². The Morgan fingerprint density at radius 1 is 1.28 bits per heavy atom. The van der Waals surface area contributed by atoms with Crippen molar-refractivity contribution in [3.63, 3.8) is 0 Å². The molecule has 2 heterocycles. The van der Waals surface area contributed by atoms with E-state index in [1.807, 2.05) is 0 Å². The molecule has 3 N–H and O–H groups in total. The number of aromatic nitrogens is 3. The molecular weight excluding hydrogens is 323 g/mol. The zero-order chi connectivity index (χ0) is 17.6. The standard InChI is InChI=1S/C17H23FN6O/c1-22-8-10-23(11-9-22)7-6-19-17(25)16-13-24(21-20-16)12-14-4-2-3-5-15(14)18/h2-5,13H,6-12H2,1H3,(H,19,25)/p+2. The molecule has 7 nitrogen and oxygen atoms in total. The molecule has 1 aliphatic heterocycles. The van der Waals surface area contributed by atoms with E-state index in [0.29, 0.717) is 12.1 Å². The lowest BCUT2D eigenvalue weighted by Gasteiger charge is -2.27. The number of piperazine rings is 1. The number of quaternary nitrogens is 2. The lowest BCUT2D eigenvalue weighted by molar-refractivity contribution is -1.00. The fourth-order valence-electron chi connectivity index (χ4n) is 3.00. The fourth-order valence-corrected chi connectivity index (χ4v) is 3.00. The van der Waals surface area contributed by atoms with Gasteiger partial charge in [-0.25, -0.2) is 9.07 Å². The lowest BCUT2D eigenvalue weighted by Crippen LogP contribution is -3.27. The molecule has 8 heteroatoms. The number of nitrogens with one attached hydrogen (secondary N) is 3. The predicted octanol–water partition coefficient (Wildman–Crippen LogP) is -2.39. The van der Waals surface area contributed by atoms with Gasteiger partial charge in [0.15, 0.2) is 5.69 Å². The number of hydrogen-bond acceptors (Lipinski definition) is 3. The number of halogens is 1. The van der Waals surface area contributed by atoms with Gasteiger partial charge < -0.3 is 15.1 Å². The topological polar surface area (TPSA) is 68.7 Å². The van der Waals surface area contributed by atoms with Gasteiger partial charge >= 0.3 is 0 Å². The number of amides is 1. The average Bonchev–Trinajstić information content (AvgIpc) is 3.07. The summed E-state index contributed by atoms with van der Waals surface area (Å²) in [6, 6.07) is 6.51. The summed E-state index contributed by atoms with van der Waals surface area (Å²) in [7, 11) is 2.21. The van der Waals surface area contributed by atoms with Gasteiger partial charge in [-0.05, 0) is 6.07 Å². The van der Waals surface area contributed by atoms with Crippen LogP contribution in [0, 0.1) is 5.82 Å². The monoisotopic (exact) mass is 348 g/mol. The first-order valence-electron chi connectivity index (χ1n) is 8.68. The van der Waals surface area contributed by atoms with Crippen molar-refractivity contribution in [1.29, 1.82) is 0 Å². The van der Waals surface area contributed by atoms with Crippen LogP contribution in [0.5, 0.6) is 0 Å². The molecule has 1 saturated heterocycles. The number of hydrogen-bond donors (Lipinski definition) is 3. The van der Waals surface area contributed by atoms with Crippen molar-refractivity contribution < 1.29 is 19.0 Å². The van der Waals surface area contributed by atoms with Gasteiger partial charge in [-0.1, -0.05) is 23.4 Å². The van der Waals surface area contributed by atoms with E-state index in [4.69, 9.17) is 0 Å². The maximum Gasteiger partial charge on any atom is 0.273 e. The zero-order valence-electron chi connectivity index (χ0n) is 14.5. The van der Waals surface area contributed by atoms with E-state index in [1.54, 1.807) is 29.3 Å². The van der Waals surface area contributed by atoms with Crippen molar-refractivity contribution in [2.24, 2.45) is 0 Å². The van der Waals surface area contributed by atoms with E-state index in [2.05, 4.69) is 22.7 Å². The van der Waals surface area contributed by atoms with Crippen LogP contribution in [0.4, 0.5) is 4.39 Å². The molecule has 0 bridgehead atoms. The van der Waals surface area contributed by atoms with Crippen LogP contribution in [-0.4, -0.2) is 67.2 Å². The fraction of sp³-hybridized carbons (Fsp3) is 0.471. The first kappa shape index (κ1) is 17.5. The quantitative estimate of drug-likeness (QED) is 0.546. The maximum absolute atomic E-state index is 13.7. The minimum Gasteiger partial charge on any atom is -0.345 e. The molecule has 1 amide bonds. The van der Waals surface area contributed by atoms with Gasteiger partial charge in [-0.15, -0.1) is 5.10 Å². The third-order valence-electron chi connectivity index (χ3n) is 4.64. The molecule has 0 radical (unpaired) electrons. The highest BCUT2D eigenvalue weighted by Gasteiger charge is 2.19. The van der Waals surface area contributed by atoms with Crippen molar-refractivity contribution in [1.82, 2.24) is 20.3 Å². The highest BCUT2D eigenvalue weighted by atomic mass is 19.1.